The van der Waals surface area contributed by atoms with Crippen LogP contribution in [-0.4, -0.2) is 19.4 Å². The van der Waals surface area contributed by atoms with Gasteiger partial charge in [-0.25, -0.2) is 15.0 Å². The van der Waals surface area contributed by atoms with Gasteiger partial charge in [-0.2, -0.15) is 4.39 Å². The van der Waals surface area contributed by atoms with E-state index in [1.165, 1.54) is 6.07 Å². The van der Waals surface area contributed by atoms with Gasteiger partial charge in [0.2, 0.25) is 5.95 Å². The molecule has 3 aromatic heterocycles. The predicted molar refractivity (Wildman–Crippen MR) is 72.2 cm³/mol. The Morgan fingerprint density at radius 1 is 1.26 bits per heavy atom. The molecule has 7 heteroatoms. The van der Waals surface area contributed by atoms with Crippen molar-refractivity contribution in [1.82, 2.24) is 19.4 Å². The molecule has 19 heavy (non-hydrogen) atoms. The maximum Gasteiger partial charge on any atom is 0.214 e. The van der Waals surface area contributed by atoms with Crippen molar-refractivity contribution in [3.8, 4) is 0 Å². The van der Waals surface area contributed by atoms with Gasteiger partial charge in [-0.05, 0) is 28.1 Å². The fourth-order valence-electron chi connectivity index (χ4n) is 1.73. The lowest BCUT2D eigenvalue weighted by molar-refractivity contribution is 0.585. The third-order valence-corrected chi connectivity index (χ3v) is 3.02. The van der Waals surface area contributed by atoms with Gasteiger partial charge in [0.05, 0.1) is 24.6 Å². The van der Waals surface area contributed by atoms with E-state index in [0.29, 0.717) is 12.4 Å². The molecule has 3 heterocycles. The van der Waals surface area contributed by atoms with Crippen LogP contribution in [0.2, 0.25) is 0 Å². The number of aromatic nitrogens is 4. The molecule has 3 rings (SSSR count). The lowest BCUT2D eigenvalue weighted by Gasteiger charge is -2.05. The second-order valence-electron chi connectivity index (χ2n) is 3.89. The van der Waals surface area contributed by atoms with E-state index >= 15 is 0 Å². The Morgan fingerprint density at radius 2 is 2.16 bits per heavy atom. The zero-order chi connectivity index (χ0) is 13.2. The third kappa shape index (κ3) is 2.55. The van der Waals surface area contributed by atoms with Crippen LogP contribution in [0.4, 0.5) is 10.2 Å². The van der Waals surface area contributed by atoms with Crippen LogP contribution in [0.25, 0.3) is 5.65 Å². The molecule has 0 amide bonds. The van der Waals surface area contributed by atoms with Crippen LogP contribution < -0.4 is 5.32 Å². The summed E-state index contributed by atoms with van der Waals surface area (Å²) in [7, 11) is 0. The molecule has 0 bridgehead atoms. The molecule has 5 nitrogen and oxygen atoms in total. The lowest BCUT2D eigenvalue weighted by atomic mass is 10.4. The molecule has 96 valence electrons. The van der Waals surface area contributed by atoms with Crippen molar-refractivity contribution >= 4 is 27.4 Å². The van der Waals surface area contributed by atoms with E-state index in [0.717, 1.165) is 15.9 Å². The Morgan fingerprint density at radius 3 is 3.00 bits per heavy atom. The van der Waals surface area contributed by atoms with Crippen molar-refractivity contribution in [2.45, 2.75) is 6.54 Å². The molecule has 0 saturated heterocycles. The first-order valence-corrected chi connectivity index (χ1v) is 6.35. The summed E-state index contributed by atoms with van der Waals surface area (Å²) in [6.07, 6.45) is 5.25. The van der Waals surface area contributed by atoms with Crippen LogP contribution in [0, 0.1) is 5.95 Å². The van der Waals surface area contributed by atoms with Crippen LogP contribution in [0.1, 0.15) is 5.69 Å². The summed E-state index contributed by atoms with van der Waals surface area (Å²) in [4.78, 5) is 12.1. The quantitative estimate of drug-likeness (QED) is 0.753. The molecule has 0 unspecified atom stereocenters. The number of hydrogen-bond donors (Lipinski definition) is 1. The summed E-state index contributed by atoms with van der Waals surface area (Å²) in [5.74, 6) is -0.0156. The Balaban J connectivity index is 1.84. The normalized spacial score (nSPS) is 10.8. The molecular formula is C12H9BrFN5. The number of nitrogens with zero attached hydrogens (tertiary/aromatic N) is 4. The molecule has 0 saturated carbocycles. The van der Waals surface area contributed by atoms with Crippen molar-refractivity contribution in [2.24, 2.45) is 0 Å². The van der Waals surface area contributed by atoms with Crippen molar-refractivity contribution in [3.63, 3.8) is 0 Å². The summed E-state index contributed by atoms with van der Waals surface area (Å²) < 4.78 is 15.6. The summed E-state index contributed by atoms with van der Waals surface area (Å²) in [5.41, 5.74) is 1.69. The molecule has 0 spiro atoms. The van der Waals surface area contributed by atoms with Gasteiger partial charge in [-0.15, -0.1) is 0 Å². The zero-order valence-electron chi connectivity index (χ0n) is 9.72. The molecule has 0 aromatic carbocycles. The van der Waals surface area contributed by atoms with E-state index in [1.54, 1.807) is 24.5 Å². The average Bonchev–Trinajstić information content (AvgIpc) is 2.79. The van der Waals surface area contributed by atoms with Crippen molar-refractivity contribution in [2.75, 3.05) is 5.32 Å². The van der Waals surface area contributed by atoms with Crippen LogP contribution >= 0.6 is 15.9 Å². The monoisotopic (exact) mass is 321 g/mol. The average molecular weight is 322 g/mol. The molecule has 0 atom stereocenters. The maximum atomic E-state index is 13.0. The highest BCUT2D eigenvalue weighted by Gasteiger charge is 2.04. The molecule has 0 aliphatic rings. The van der Waals surface area contributed by atoms with E-state index in [2.05, 4.69) is 36.2 Å². The van der Waals surface area contributed by atoms with E-state index in [4.69, 9.17) is 0 Å². The van der Waals surface area contributed by atoms with Gasteiger partial charge in [0.15, 0.2) is 5.65 Å². The van der Waals surface area contributed by atoms with Crippen LogP contribution in [0.5, 0.6) is 0 Å². The third-order valence-electron chi connectivity index (χ3n) is 2.61. The Hall–Kier alpha value is -2.02. The minimum Gasteiger partial charge on any atom is -0.364 e. The minimum atomic E-state index is -0.505. The molecule has 0 aliphatic heterocycles. The number of nitrogens with one attached hydrogen (secondary N) is 1. The van der Waals surface area contributed by atoms with E-state index in [-0.39, 0.29) is 0 Å². The zero-order valence-corrected chi connectivity index (χ0v) is 11.3. The molecule has 0 aliphatic carbocycles. The summed E-state index contributed by atoms with van der Waals surface area (Å²) in [5, 5.41) is 3.05. The second-order valence-corrected chi connectivity index (χ2v) is 4.70. The second kappa shape index (κ2) is 4.93. The summed E-state index contributed by atoms with van der Waals surface area (Å²) >= 11 is 3.31. The molecule has 0 fully saturated rings. The van der Waals surface area contributed by atoms with Crippen molar-refractivity contribution in [3.05, 3.63) is 53.0 Å². The fraction of sp³-hybridized carbons (Fsp3) is 0.0833. The highest BCUT2D eigenvalue weighted by Crippen LogP contribution is 2.12. The first-order chi connectivity index (χ1) is 9.22. The molecule has 3 aromatic rings. The minimum absolute atomic E-state index is 0.489. The summed E-state index contributed by atoms with van der Waals surface area (Å²) in [6, 6.07) is 4.63. The van der Waals surface area contributed by atoms with Gasteiger partial charge in [-0.3, -0.25) is 4.40 Å². The lowest BCUT2D eigenvalue weighted by Crippen LogP contribution is -2.04. The molecule has 1 N–H and O–H groups in total. The number of hydrogen-bond acceptors (Lipinski definition) is 4. The standard InChI is InChI=1S/C12H9BrFN5/c13-9-7-19-8(5-17-12(19)6-15-9)4-16-11-3-1-2-10(14)18-11/h1-3,5-7H,4H2,(H,16,18). The number of pyridine rings is 1. The van der Waals surface area contributed by atoms with Crippen LogP contribution in [-0.2, 0) is 6.54 Å². The maximum absolute atomic E-state index is 13.0. The van der Waals surface area contributed by atoms with Crippen LogP contribution in [0.15, 0.2) is 41.4 Å². The van der Waals surface area contributed by atoms with Gasteiger partial charge in [0.1, 0.15) is 10.4 Å². The van der Waals surface area contributed by atoms with Crippen LogP contribution in [0.3, 0.4) is 0 Å². The van der Waals surface area contributed by atoms with E-state index in [1.807, 2.05) is 10.6 Å². The topological polar surface area (TPSA) is 55.1 Å². The van der Waals surface area contributed by atoms with E-state index < -0.39 is 5.95 Å². The smallest absolute Gasteiger partial charge is 0.214 e. The van der Waals surface area contributed by atoms with Gasteiger partial charge < -0.3 is 5.32 Å². The Labute approximate surface area is 116 Å². The number of fused-ring (bicyclic) bond motifs is 1. The van der Waals surface area contributed by atoms with Gasteiger partial charge >= 0.3 is 0 Å². The number of rotatable bonds is 3. The van der Waals surface area contributed by atoms with E-state index in [9.17, 15) is 4.39 Å². The highest BCUT2D eigenvalue weighted by atomic mass is 79.9. The van der Waals surface area contributed by atoms with Crippen molar-refractivity contribution < 1.29 is 4.39 Å². The SMILES string of the molecule is Fc1cccc(NCc2cnc3cnc(Br)cn23)n1. The van der Waals surface area contributed by atoms with Crippen molar-refractivity contribution in [1.29, 1.82) is 0 Å². The first kappa shape index (κ1) is 12.0. The first-order valence-electron chi connectivity index (χ1n) is 5.56. The largest absolute Gasteiger partial charge is 0.364 e. The molecular weight excluding hydrogens is 313 g/mol. The summed E-state index contributed by atoms with van der Waals surface area (Å²) in [6.45, 7) is 0.494. The number of imidazole rings is 1. The Kier molecular flexibility index (Phi) is 3.12. The Bertz CT molecular complexity index is 727. The van der Waals surface area contributed by atoms with Gasteiger partial charge in [0, 0.05) is 6.20 Å². The number of anilines is 1. The molecule has 0 radical (unpaired) electrons. The highest BCUT2D eigenvalue weighted by molar-refractivity contribution is 9.10. The number of halogens is 2. The van der Waals surface area contributed by atoms with Gasteiger partial charge in [0.25, 0.3) is 0 Å². The fourth-order valence-corrected chi connectivity index (χ4v) is 2.04. The van der Waals surface area contributed by atoms with Gasteiger partial charge in [-0.1, -0.05) is 6.07 Å². The predicted octanol–water partition coefficient (Wildman–Crippen LogP) is 2.64.